The van der Waals surface area contributed by atoms with Gasteiger partial charge in [-0.2, -0.15) is 4.39 Å². The van der Waals surface area contributed by atoms with E-state index in [2.05, 4.69) is 15.0 Å². The molecule has 4 rings (SSSR count). The molecule has 0 amide bonds. The molecule has 27 heavy (non-hydrogen) atoms. The first kappa shape index (κ1) is 17.2. The van der Waals surface area contributed by atoms with E-state index in [0.717, 1.165) is 0 Å². The van der Waals surface area contributed by atoms with Gasteiger partial charge in [-0.25, -0.2) is 19.3 Å². The largest absolute Gasteiger partial charge is 0.368 e. The summed E-state index contributed by atoms with van der Waals surface area (Å²) in [5.74, 6) is -1.43. The summed E-state index contributed by atoms with van der Waals surface area (Å²) in [6, 6.07) is 7.31. The van der Waals surface area contributed by atoms with Gasteiger partial charge in [0.2, 0.25) is 11.9 Å². The lowest BCUT2D eigenvalue weighted by Crippen LogP contribution is -2.23. The average molecular weight is 366 g/mol. The van der Waals surface area contributed by atoms with Crippen LogP contribution in [-0.4, -0.2) is 20.7 Å². The van der Waals surface area contributed by atoms with Crippen molar-refractivity contribution in [3.63, 3.8) is 0 Å². The molecule has 5 nitrogen and oxygen atoms in total. The van der Waals surface area contributed by atoms with Crippen LogP contribution in [0.4, 0.5) is 14.7 Å². The molecule has 136 valence electrons. The predicted molar refractivity (Wildman–Crippen MR) is 96.2 cm³/mol. The number of hydrogen-bond acceptors (Lipinski definition) is 5. The van der Waals surface area contributed by atoms with E-state index in [0.29, 0.717) is 34.5 Å². The molecule has 2 aromatic heterocycles. The highest BCUT2D eigenvalue weighted by molar-refractivity contribution is 6.00. The van der Waals surface area contributed by atoms with Crippen LogP contribution < -0.4 is 5.73 Å². The van der Waals surface area contributed by atoms with Crippen molar-refractivity contribution in [3.05, 3.63) is 70.8 Å². The van der Waals surface area contributed by atoms with Crippen molar-refractivity contribution in [1.29, 1.82) is 0 Å². The number of carbonyl (C=O) groups is 1. The number of halogens is 2. The summed E-state index contributed by atoms with van der Waals surface area (Å²) in [6.45, 7) is 1.73. The number of nitrogens with two attached hydrogens (primary N) is 1. The maximum Gasteiger partial charge on any atom is 0.220 e. The van der Waals surface area contributed by atoms with Gasteiger partial charge >= 0.3 is 0 Å². The van der Waals surface area contributed by atoms with Gasteiger partial charge in [0.05, 0.1) is 17.0 Å². The zero-order valence-corrected chi connectivity index (χ0v) is 14.5. The van der Waals surface area contributed by atoms with Crippen molar-refractivity contribution < 1.29 is 13.6 Å². The van der Waals surface area contributed by atoms with Crippen LogP contribution >= 0.6 is 0 Å². The molecular weight excluding hydrogens is 350 g/mol. The number of aryl methyl sites for hydroxylation is 1. The minimum absolute atomic E-state index is 0.0966. The van der Waals surface area contributed by atoms with Crippen LogP contribution in [0, 0.1) is 18.7 Å². The summed E-state index contributed by atoms with van der Waals surface area (Å²) in [4.78, 5) is 24.6. The summed E-state index contributed by atoms with van der Waals surface area (Å²) in [7, 11) is 0. The molecule has 0 bridgehead atoms. The zero-order valence-electron chi connectivity index (χ0n) is 14.5. The van der Waals surface area contributed by atoms with E-state index in [9.17, 15) is 13.6 Å². The highest BCUT2D eigenvalue weighted by atomic mass is 19.1. The van der Waals surface area contributed by atoms with Crippen molar-refractivity contribution in [2.24, 2.45) is 0 Å². The number of nitrogen functional groups attached to an aromatic ring is 1. The Morgan fingerprint density at radius 2 is 1.93 bits per heavy atom. The topological polar surface area (TPSA) is 81.8 Å². The molecule has 0 spiro atoms. The Kier molecular flexibility index (Phi) is 4.14. The van der Waals surface area contributed by atoms with E-state index in [-0.39, 0.29) is 29.6 Å². The van der Waals surface area contributed by atoms with Gasteiger partial charge in [0.1, 0.15) is 5.82 Å². The Morgan fingerprint density at radius 3 is 2.70 bits per heavy atom. The third-order valence-corrected chi connectivity index (χ3v) is 4.84. The summed E-state index contributed by atoms with van der Waals surface area (Å²) in [6.07, 6.45) is 1.98. The molecule has 0 saturated carbocycles. The maximum absolute atomic E-state index is 14.2. The molecule has 0 saturated heterocycles. The smallest absolute Gasteiger partial charge is 0.220 e. The molecule has 0 fully saturated rings. The molecule has 3 aromatic rings. The van der Waals surface area contributed by atoms with Gasteiger partial charge in [0, 0.05) is 18.2 Å². The fourth-order valence-corrected chi connectivity index (χ4v) is 3.72. The third-order valence-electron chi connectivity index (χ3n) is 4.84. The Morgan fingerprint density at radius 1 is 1.11 bits per heavy atom. The van der Waals surface area contributed by atoms with Gasteiger partial charge in [0.25, 0.3) is 0 Å². The fraction of sp³-hybridized carbons (Fsp3) is 0.200. The number of anilines is 1. The molecule has 1 atom stereocenters. The van der Waals surface area contributed by atoms with Crippen molar-refractivity contribution in [3.8, 4) is 11.1 Å². The number of carbonyl (C=O) groups excluding carboxylic acids is 1. The highest BCUT2D eigenvalue weighted by Gasteiger charge is 2.31. The second-order valence-corrected chi connectivity index (χ2v) is 6.59. The molecule has 2 heterocycles. The summed E-state index contributed by atoms with van der Waals surface area (Å²) in [5.41, 5.74) is 8.62. The van der Waals surface area contributed by atoms with Crippen LogP contribution in [0.15, 0.2) is 36.5 Å². The number of hydrogen-bond donors (Lipinski definition) is 1. The van der Waals surface area contributed by atoms with Crippen LogP contribution in [-0.2, 0) is 6.42 Å². The van der Waals surface area contributed by atoms with Crippen LogP contribution in [0.25, 0.3) is 11.1 Å². The minimum Gasteiger partial charge on any atom is -0.368 e. The molecule has 2 N–H and O–H groups in total. The van der Waals surface area contributed by atoms with Crippen LogP contribution in [0.2, 0.25) is 0 Å². The van der Waals surface area contributed by atoms with E-state index in [1.54, 1.807) is 25.1 Å². The van der Waals surface area contributed by atoms with Crippen LogP contribution in [0.5, 0.6) is 0 Å². The number of benzene rings is 1. The molecule has 1 aliphatic carbocycles. The second kappa shape index (κ2) is 6.50. The number of pyridine rings is 1. The Labute approximate surface area is 154 Å². The molecule has 0 unspecified atom stereocenters. The number of nitrogens with zero attached hydrogens (tertiary/aromatic N) is 3. The minimum atomic E-state index is -0.686. The Balaban J connectivity index is 1.83. The van der Waals surface area contributed by atoms with E-state index in [1.165, 1.54) is 18.3 Å². The van der Waals surface area contributed by atoms with Crippen molar-refractivity contribution in [2.75, 3.05) is 5.73 Å². The lowest BCUT2D eigenvalue weighted by Gasteiger charge is -2.26. The second-order valence-electron chi connectivity index (χ2n) is 6.59. The lowest BCUT2D eigenvalue weighted by atomic mass is 9.79. The summed E-state index contributed by atoms with van der Waals surface area (Å²) < 4.78 is 28.1. The normalized spacial score (nSPS) is 16.3. The van der Waals surface area contributed by atoms with Crippen LogP contribution in [0.3, 0.4) is 0 Å². The first-order valence-corrected chi connectivity index (χ1v) is 8.50. The Hall–Kier alpha value is -3.22. The van der Waals surface area contributed by atoms with Gasteiger partial charge in [-0.3, -0.25) is 4.79 Å². The number of rotatable bonds is 2. The summed E-state index contributed by atoms with van der Waals surface area (Å²) in [5, 5.41) is 0. The van der Waals surface area contributed by atoms with E-state index >= 15 is 0 Å². The molecule has 0 radical (unpaired) electrons. The standard InChI is InChI=1S/C20H16F2N4O/c1-10-18-16(26-20(23)25-10)7-11(8-17(18)27)13-5-4-12(21)9-15(13)14-3-2-6-24-19(14)22/h2-6,9,11H,7-8H2,1H3,(H2,23,25,26)/t11-/m0/s1. The first-order chi connectivity index (χ1) is 12.9. The first-order valence-electron chi connectivity index (χ1n) is 8.50. The quantitative estimate of drug-likeness (QED) is 0.701. The molecule has 7 heteroatoms. The predicted octanol–water partition coefficient (Wildman–Crippen LogP) is 3.62. The zero-order chi connectivity index (χ0) is 19.1. The van der Waals surface area contributed by atoms with E-state index < -0.39 is 11.8 Å². The highest BCUT2D eigenvalue weighted by Crippen LogP contribution is 2.38. The maximum atomic E-state index is 14.2. The summed E-state index contributed by atoms with van der Waals surface area (Å²) >= 11 is 0. The molecule has 1 aliphatic rings. The molecule has 1 aromatic carbocycles. The van der Waals surface area contributed by atoms with Gasteiger partial charge in [-0.1, -0.05) is 6.07 Å². The third kappa shape index (κ3) is 3.05. The van der Waals surface area contributed by atoms with Gasteiger partial charge < -0.3 is 5.73 Å². The number of ketones is 1. The van der Waals surface area contributed by atoms with Crippen molar-refractivity contribution in [2.45, 2.75) is 25.7 Å². The fourth-order valence-electron chi connectivity index (χ4n) is 3.72. The lowest BCUT2D eigenvalue weighted by molar-refractivity contribution is 0.0962. The Bertz CT molecular complexity index is 1070. The molecular formula is C20H16F2N4O. The van der Waals surface area contributed by atoms with E-state index in [1.807, 2.05) is 0 Å². The number of aromatic nitrogens is 3. The number of fused-ring (bicyclic) bond motifs is 1. The molecule has 0 aliphatic heterocycles. The van der Waals surface area contributed by atoms with Crippen LogP contribution in [0.1, 0.15) is 39.6 Å². The van der Waals surface area contributed by atoms with Gasteiger partial charge in [-0.15, -0.1) is 0 Å². The van der Waals surface area contributed by atoms with Crippen molar-refractivity contribution >= 4 is 11.7 Å². The number of Topliss-reactive ketones (excluding diaryl/α,β-unsaturated/α-hetero) is 1. The van der Waals surface area contributed by atoms with Gasteiger partial charge in [0.15, 0.2) is 5.78 Å². The average Bonchev–Trinajstić information content (AvgIpc) is 2.61. The van der Waals surface area contributed by atoms with Gasteiger partial charge in [-0.05, 0) is 54.7 Å². The van der Waals surface area contributed by atoms with Crippen molar-refractivity contribution in [1.82, 2.24) is 15.0 Å². The SMILES string of the molecule is Cc1nc(N)nc2c1C(=O)C[C@@H](c1ccc(F)cc1-c1cccnc1F)C2. The monoisotopic (exact) mass is 366 g/mol. The van der Waals surface area contributed by atoms with E-state index in [4.69, 9.17) is 5.73 Å².